The average molecular weight is 277 g/mol. The number of hydrogen-bond donors (Lipinski definition) is 1. The van der Waals surface area contributed by atoms with Crippen LogP contribution in [0.4, 0.5) is 0 Å². The van der Waals surface area contributed by atoms with E-state index in [4.69, 9.17) is 0 Å². The van der Waals surface area contributed by atoms with Crippen LogP contribution in [0.2, 0.25) is 0 Å². The lowest BCUT2D eigenvalue weighted by molar-refractivity contribution is 0.0751. The highest BCUT2D eigenvalue weighted by atomic mass is 14.9. The van der Waals surface area contributed by atoms with Crippen molar-refractivity contribution in [2.75, 3.05) is 7.05 Å². The van der Waals surface area contributed by atoms with Crippen LogP contribution in [0.3, 0.4) is 0 Å². The molecule has 0 aromatic heterocycles. The fourth-order valence-electron chi connectivity index (χ4n) is 4.36. The lowest BCUT2D eigenvalue weighted by Crippen LogP contribution is -2.54. The summed E-state index contributed by atoms with van der Waals surface area (Å²) in [6.07, 6.45) is 2.36. The molecular weight excluding hydrogens is 254 g/mol. The molecule has 1 N–H and O–H groups in total. The Morgan fingerprint density at radius 1 is 1.00 bits per heavy atom. The Hall–Kier alpha value is -1.60. The van der Waals surface area contributed by atoms with E-state index < -0.39 is 0 Å². The van der Waals surface area contributed by atoms with Crippen LogP contribution >= 0.6 is 0 Å². The Kier molecular flexibility index (Phi) is 2.77. The molecule has 0 aliphatic heterocycles. The van der Waals surface area contributed by atoms with Crippen molar-refractivity contribution in [1.82, 2.24) is 5.32 Å². The van der Waals surface area contributed by atoms with Gasteiger partial charge < -0.3 is 5.32 Å². The molecule has 2 aliphatic rings. The minimum absolute atomic E-state index is 0.356. The summed E-state index contributed by atoms with van der Waals surface area (Å²) in [5.74, 6) is 0.684. The third kappa shape index (κ3) is 1.80. The van der Waals surface area contributed by atoms with Crippen molar-refractivity contribution in [1.29, 1.82) is 0 Å². The Bertz CT molecular complexity index is 699. The second-order valence-electron chi connectivity index (χ2n) is 7.20. The van der Waals surface area contributed by atoms with Crippen LogP contribution in [0.25, 0.3) is 11.1 Å². The summed E-state index contributed by atoms with van der Waals surface area (Å²) in [5, 5.41) is 3.46. The standard InChI is InChI=1S/C20H23N/c1-20(2)18(12-19(20)21-3)14-8-9-17-15(11-14)10-13-6-4-5-7-16(13)17/h4-9,11,18-19,21H,10,12H2,1-3H3. The molecule has 0 radical (unpaired) electrons. The van der Waals surface area contributed by atoms with E-state index in [-0.39, 0.29) is 0 Å². The Morgan fingerprint density at radius 3 is 2.52 bits per heavy atom. The summed E-state index contributed by atoms with van der Waals surface area (Å²) in [4.78, 5) is 0. The maximum Gasteiger partial charge on any atom is 0.0127 e. The maximum absolute atomic E-state index is 3.46. The SMILES string of the molecule is CNC1CC(c2ccc3c(c2)Cc2ccccc2-3)C1(C)C. The lowest BCUT2D eigenvalue weighted by atomic mass is 9.56. The van der Waals surface area contributed by atoms with Gasteiger partial charge in [0.15, 0.2) is 0 Å². The largest absolute Gasteiger partial charge is 0.316 e. The number of benzene rings is 2. The maximum atomic E-state index is 3.46. The first-order valence-corrected chi connectivity index (χ1v) is 7.99. The smallest absolute Gasteiger partial charge is 0.0127 e. The van der Waals surface area contributed by atoms with Gasteiger partial charge in [-0.05, 0) is 59.0 Å². The minimum Gasteiger partial charge on any atom is -0.316 e. The van der Waals surface area contributed by atoms with Crippen LogP contribution in [0.15, 0.2) is 42.5 Å². The molecule has 1 saturated carbocycles. The predicted molar refractivity (Wildman–Crippen MR) is 88.7 cm³/mol. The minimum atomic E-state index is 0.356. The zero-order chi connectivity index (χ0) is 14.6. The highest BCUT2D eigenvalue weighted by molar-refractivity contribution is 5.77. The summed E-state index contributed by atoms with van der Waals surface area (Å²) < 4.78 is 0. The lowest BCUT2D eigenvalue weighted by Gasteiger charge is -2.52. The Labute approximate surface area is 127 Å². The van der Waals surface area contributed by atoms with Crippen LogP contribution in [-0.2, 0) is 6.42 Å². The molecule has 2 atom stereocenters. The van der Waals surface area contributed by atoms with Gasteiger partial charge in [-0.3, -0.25) is 0 Å². The highest BCUT2D eigenvalue weighted by Crippen LogP contribution is 2.53. The molecule has 2 aromatic rings. The summed E-state index contributed by atoms with van der Waals surface area (Å²) in [6.45, 7) is 4.79. The zero-order valence-electron chi connectivity index (χ0n) is 13.1. The van der Waals surface area contributed by atoms with Gasteiger partial charge in [-0.25, -0.2) is 0 Å². The number of fused-ring (bicyclic) bond motifs is 3. The van der Waals surface area contributed by atoms with E-state index in [0.717, 1.165) is 6.42 Å². The summed E-state index contributed by atoms with van der Waals surface area (Å²) in [5.41, 5.74) is 7.74. The van der Waals surface area contributed by atoms with Gasteiger partial charge in [0.05, 0.1) is 0 Å². The van der Waals surface area contributed by atoms with E-state index in [0.29, 0.717) is 17.4 Å². The third-order valence-electron chi connectivity index (χ3n) is 5.84. The van der Waals surface area contributed by atoms with E-state index in [1.165, 1.54) is 34.2 Å². The molecule has 0 saturated heterocycles. The number of nitrogens with one attached hydrogen (secondary N) is 1. The topological polar surface area (TPSA) is 12.0 Å². The fourth-order valence-corrected chi connectivity index (χ4v) is 4.36. The second-order valence-corrected chi connectivity index (χ2v) is 7.20. The summed E-state index contributed by atoms with van der Waals surface area (Å²) in [6, 6.07) is 16.6. The third-order valence-corrected chi connectivity index (χ3v) is 5.84. The van der Waals surface area contributed by atoms with Crippen molar-refractivity contribution in [3.8, 4) is 11.1 Å². The van der Waals surface area contributed by atoms with Gasteiger partial charge in [-0.1, -0.05) is 56.3 Å². The van der Waals surface area contributed by atoms with E-state index in [2.05, 4.69) is 68.7 Å². The predicted octanol–water partition coefficient (Wildman–Crippen LogP) is 4.36. The molecule has 1 heteroatoms. The average Bonchev–Trinajstić information content (AvgIpc) is 2.84. The molecule has 21 heavy (non-hydrogen) atoms. The van der Waals surface area contributed by atoms with Gasteiger partial charge in [0.2, 0.25) is 0 Å². The molecule has 1 nitrogen and oxygen atoms in total. The molecular formula is C20H23N. The van der Waals surface area contributed by atoms with Crippen molar-refractivity contribution in [3.63, 3.8) is 0 Å². The van der Waals surface area contributed by atoms with E-state index in [1.807, 2.05) is 0 Å². The Balaban J connectivity index is 1.69. The summed E-state index contributed by atoms with van der Waals surface area (Å²) >= 11 is 0. The second kappa shape index (κ2) is 4.45. The van der Waals surface area contributed by atoms with Crippen LogP contribution in [0.1, 0.15) is 42.9 Å². The molecule has 0 spiro atoms. The molecule has 0 heterocycles. The van der Waals surface area contributed by atoms with E-state index >= 15 is 0 Å². The van der Waals surface area contributed by atoms with E-state index in [9.17, 15) is 0 Å². The molecule has 0 bridgehead atoms. The zero-order valence-corrected chi connectivity index (χ0v) is 13.1. The first kappa shape index (κ1) is 13.1. The first-order valence-electron chi connectivity index (χ1n) is 7.99. The number of rotatable bonds is 2. The normalized spacial score (nSPS) is 25.1. The van der Waals surface area contributed by atoms with Crippen molar-refractivity contribution in [2.24, 2.45) is 5.41 Å². The van der Waals surface area contributed by atoms with Gasteiger partial charge in [0, 0.05) is 6.04 Å². The van der Waals surface area contributed by atoms with Crippen LogP contribution in [0.5, 0.6) is 0 Å². The van der Waals surface area contributed by atoms with Gasteiger partial charge in [0.1, 0.15) is 0 Å². The monoisotopic (exact) mass is 277 g/mol. The van der Waals surface area contributed by atoms with Gasteiger partial charge in [-0.2, -0.15) is 0 Å². The van der Waals surface area contributed by atoms with Crippen LogP contribution < -0.4 is 5.32 Å². The molecule has 4 rings (SSSR count). The van der Waals surface area contributed by atoms with Gasteiger partial charge in [-0.15, -0.1) is 0 Å². The first-order chi connectivity index (χ1) is 10.1. The van der Waals surface area contributed by atoms with E-state index in [1.54, 1.807) is 0 Å². The molecule has 2 aromatic carbocycles. The fraction of sp³-hybridized carbons (Fsp3) is 0.400. The van der Waals surface area contributed by atoms with Crippen molar-refractivity contribution in [2.45, 2.75) is 38.6 Å². The van der Waals surface area contributed by atoms with Crippen molar-refractivity contribution >= 4 is 0 Å². The molecule has 2 unspecified atom stereocenters. The Morgan fingerprint density at radius 2 is 1.76 bits per heavy atom. The molecule has 0 amide bonds. The van der Waals surface area contributed by atoms with Gasteiger partial charge in [0.25, 0.3) is 0 Å². The highest BCUT2D eigenvalue weighted by Gasteiger charge is 2.47. The number of hydrogen-bond acceptors (Lipinski definition) is 1. The quantitative estimate of drug-likeness (QED) is 0.734. The van der Waals surface area contributed by atoms with Crippen molar-refractivity contribution in [3.05, 3.63) is 59.2 Å². The van der Waals surface area contributed by atoms with Crippen molar-refractivity contribution < 1.29 is 0 Å². The molecule has 2 aliphatic carbocycles. The summed E-state index contributed by atoms with van der Waals surface area (Å²) in [7, 11) is 2.09. The van der Waals surface area contributed by atoms with Gasteiger partial charge >= 0.3 is 0 Å². The van der Waals surface area contributed by atoms with Crippen LogP contribution in [-0.4, -0.2) is 13.1 Å². The van der Waals surface area contributed by atoms with Crippen LogP contribution in [0, 0.1) is 5.41 Å². The molecule has 108 valence electrons. The molecule has 1 fully saturated rings.